The number of carbonyl (C=O) groups is 1. The number of anilines is 1. The lowest BCUT2D eigenvalue weighted by molar-refractivity contribution is -0.122. The van der Waals surface area contributed by atoms with Crippen LogP contribution in [-0.2, 0) is 4.79 Å². The minimum Gasteiger partial charge on any atom is -0.494 e. The van der Waals surface area contributed by atoms with Crippen molar-refractivity contribution in [1.29, 1.82) is 0 Å². The van der Waals surface area contributed by atoms with Gasteiger partial charge in [-0.2, -0.15) is 0 Å². The average Bonchev–Trinajstić information content (AvgIpc) is 2.51. The number of nitrogens with one attached hydrogen (secondary N) is 1. The molecule has 0 heterocycles. The van der Waals surface area contributed by atoms with Crippen molar-refractivity contribution in [2.45, 2.75) is 20.0 Å². The zero-order valence-electron chi connectivity index (χ0n) is 12.5. The Labute approximate surface area is 135 Å². The molecule has 0 saturated carbocycles. The molecule has 4 nitrogen and oxygen atoms in total. The second-order valence-corrected chi connectivity index (χ2v) is 5.04. The third-order valence-corrected chi connectivity index (χ3v) is 3.28. The van der Waals surface area contributed by atoms with Crippen molar-refractivity contribution in [2.75, 3.05) is 11.9 Å². The third-order valence-electron chi connectivity index (χ3n) is 2.95. The van der Waals surface area contributed by atoms with Crippen LogP contribution < -0.4 is 14.8 Å². The first-order valence-corrected chi connectivity index (χ1v) is 7.43. The van der Waals surface area contributed by atoms with Crippen LogP contribution in [0.1, 0.15) is 13.8 Å². The minimum absolute atomic E-state index is 0.262. The quantitative estimate of drug-likeness (QED) is 0.870. The van der Waals surface area contributed by atoms with Gasteiger partial charge in [0.1, 0.15) is 11.5 Å². The lowest BCUT2D eigenvalue weighted by atomic mass is 10.3. The summed E-state index contributed by atoms with van der Waals surface area (Å²) in [5.74, 6) is 1.11. The Morgan fingerprint density at radius 2 is 1.77 bits per heavy atom. The zero-order chi connectivity index (χ0) is 15.9. The van der Waals surface area contributed by atoms with Crippen LogP contribution in [0.2, 0.25) is 5.02 Å². The lowest BCUT2D eigenvalue weighted by Gasteiger charge is -2.15. The molecule has 1 amide bonds. The molecule has 0 radical (unpaired) electrons. The molecule has 0 spiro atoms. The van der Waals surface area contributed by atoms with Gasteiger partial charge in [0, 0.05) is 0 Å². The molecule has 0 aromatic heterocycles. The fourth-order valence-electron chi connectivity index (χ4n) is 1.84. The molecule has 1 atom stereocenters. The molecule has 0 fully saturated rings. The molecule has 1 N–H and O–H groups in total. The van der Waals surface area contributed by atoms with Gasteiger partial charge in [-0.3, -0.25) is 4.79 Å². The summed E-state index contributed by atoms with van der Waals surface area (Å²) in [6.07, 6.45) is -0.644. The summed E-state index contributed by atoms with van der Waals surface area (Å²) in [6.45, 7) is 4.21. The number of para-hydroxylation sites is 1. The molecule has 0 aliphatic carbocycles. The van der Waals surface area contributed by atoms with Crippen LogP contribution in [0.25, 0.3) is 0 Å². The first-order chi connectivity index (χ1) is 10.6. The Hall–Kier alpha value is -2.20. The van der Waals surface area contributed by atoms with Crippen molar-refractivity contribution in [1.82, 2.24) is 0 Å². The van der Waals surface area contributed by atoms with E-state index in [1.807, 2.05) is 6.92 Å². The number of hydrogen-bond donors (Lipinski definition) is 1. The highest BCUT2D eigenvalue weighted by Gasteiger charge is 2.15. The summed E-state index contributed by atoms with van der Waals surface area (Å²) < 4.78 is 11.0. The molecule has 2 aromatic carbocycles. The van der Waals surface area contributed by atoms with Crippen molar-refractivity contribution < 1.29 is 14.3 Å². The van der Waals surface area contributed by atoms with E-state index in [9.17, 15) is 4.79 Å². The van der Waals surface area contributed by atoms with Gasteiger partial charge in [0.2, 0.25) is 0 Å². The number of hydrogen-bond acceptors (Lipinski definition) is 3. The van der Waals surface area contributed by atoms with E-state index in [0.717, 1.165) is 5.75 Å². The molecule has 5 heteroatoms. The van der Waals surface area contributed by atoms with Gasteiger partial charge < -0.3 is 14.8 Å². The molecule has 1 unspecified atom stereocenters. The second kappa shape index (κ2) is 7.71. The van der Waals surface area contributed by atoms with Crippen LogP contribution in [0.5, 0.6) is 11.5 Å². The maximum atomic E-state index is 12.1. The molecule has 2 aromatic rings. The molecule has 22 heavy (non-hydrogen) atoms. The van der Waals surface area contributed by atoms with E-state index < -0.39 is 6.10 Å². The number of ether oxygens (including phenoxy) is 2. The third kappa shape index (κ3) is 4.40. The second-order valence-electron chi connectivity index (χ2n) is 4.63. The Balaban J connectivity index is 1.95. The summed E-state index contributed by atoms with van der Waals surface area (Å²) in [6, 6.07) is 14.2. The van der Waals surface area contributed by atoms with Crippen molar-refractivity contribution >= 4 is 23.2 Å². The van der Waals surface area contributed by atoms with Crippen molar-refractivity contribution in [3.05, 3.63) is 53.6 Å². The van der Waals surface area contributed by atoms with Gasteiger partial charge in [-0.1, -0.05) is 23.7 Å². The molecule has 116 valence electrons. The smallest absolute Gasteiger partial charge is 0.265 e. The highest BCUT2D eigenvalue weighted by Crippen LogP contribution is 2.22. The van der Waals surface area contributed by atoms with E-state index in [-0.39, 0.29) is 5.91 Å². The summed E-state index contributed by atoms with van der Waals surface area (Å²) in [7, 11) is 0. The maximum Gasteiger partial charge on any atom is 0.265 e. The molecule has 2 rings (SSSR count). The van der Waals surface area contributed by atoms with Gasteiger partial charge in [-0.25, -0.2) is 0 Å². The van der Waals surface area contributed by atoms with Gasteiger partial charge in [-0.15, -0.1) is 0 Å². The van der Waals surface area contributed by atoms with Crippen molar-refractivity contribution in [2.24, 2.45) is 0 Å². The minimum atomic E-state index is -0.644. The topological polar surface area (TPSA) is 47.6 Å². The molecule has 0 saturated heterocycles. The highest BCUT2D eigenvalue weighted by atomic mass is 35.5. The Morgan fingerprint density at radius 3 is 2.41 bits per heavy atom. The van der Waals surface area contributed by atoms with Crippen LogP contribution in [-0.4, -0.2) is 18.6 Å². The van der Waals surface area contributed by atoms with Gasteiger partial charge in [0.05, 0.1) is 17.3 Å². The van der Waals surface area contributed by atoms with Gasteiger partial charge in [-0.05, 0) is 50.2 Å². The Kier molecular flexibility index (Phi) is 5.67. The summed E-state index contributed by atoms with van der Waals surface area (Å²) in [5, 5.41) is 3.23. The van der Waals surface area contributed by atoms with E-state index >= 15 is 0 Å². The SMILES string of the molecule is CCOc1ccc(OC(C)C(=O)Nc2ccccc2Cl)cc1. The number of halogens is 1. The van der Waals surface area contributed by atoms with E-state index in [2.05, 4.69) is 5.32 Å². The molecular weight excluding hydrogens is 302 g/mol. The van der Waals surface area contributed by atoms with Crippen LogP contribution in [0.4, 0.5) is 5.69 Å². The fraction of sp³-hybridized carbons (Fsp3) is 0.235. The first kappa shape index (κ1) is 16.2. The van der Waals surface area contributed by atoms with E-state index in [1.165, 1.54) is 0 Å². The summed E-state index contributed by atoms with van der Waals surface area (Å²) in [4.78, 5) is 12.1. The summed E-state index contributed by atoms with van der Waals surface area (Å²) >= 11 is 6.01. The van der Waals surface area contributed by atoms with Crippen molar-refractivity contribution in [3.63, 3.8) is 0 Å². The number of carbonyl (C=O) groups excluding carboxylic acids is 1. The molecule has 0 bridgehead atoms. The zero-order valence-corrected chi connectivity index (χ0v) is 13.3. The highest BCUT2D eigenvalue weighted by molar-refractivity contribution is 6.33. The lowest BCUT2D eigenvalue weighted by Crippen LogP contribution is -2.30. The van der Waals surface area contributed by atoms with Gasteiger partial charge in [0.15, 0.2) is 6.10 Å². The van der Waals surface area contributed by atoms with Gasteiger partial charge >= 0.3 is 0 Å². The number of benzene rings is 2. The predicted octanol–water partition coefficient (Wildman–Crippen LogP) is 4.14. The van der Waals surface area contributed by atoms with E-state index in [4.69, 9.17) is 21.1 Å². The Morgan fingerprint density at radius 1 is 1.14 bits per heavy atom. The number of rotatable bonds is 6. The van der Waals surface area contributed by atoms with E-state index in [1.54, 1.807) is 55.5 Å². The summed E-state index contributed by atoms with van der Waals surface area (Å²) in [5.41, 5.74) is 0.566. The number of amides is 1. The normalized spacial score (nSPS) is 11.6. The molecule has 0 aliphatic heterocycles. The average molecular weight is 320 g/mol. The molecular formula is C17H18ClNO3. The van der Waals surface area contributed by atoms with Gasteiger partial charge in [0.25, 0.3) is 5.91 Å². The van der Waals surface area contributed by atoms with Crippen LogP contribution in [0.3, 0.4) is 0 Å². The van der Waals surface area contributed by atoms with Crippen molar-refractivity contribution in [3.8, 4) is 11.5 Å². The predicted molar refractivity (Wildman–Crippen MR) is 87.8 cm³/mol. The monoisotopic (exact) mass is 319 g/mol. The molecule has 0 aliphatic rings. The maximum absolute atomic E-state index is 12.1. The van der Waals surface area contributed by atoms with Crippen LogP contribution in [0.15, 0.2) is 48.5 Å². The standard InChI is InChI=1S/C17H18ClNO3/c1-3-21-13-8-10-14(11-9-13)22-12(2)17(20)19-16-7-5-4-6-15(16)18/h4-12H,3H2,1-2H3,(H,19,20). The fourth-order valence-corrected chi connectivity index (χ4v) is 2.02. The van der Waals surface area contributed by atoms with E-state index in [0.29, 0.717) is 23.1 Å². The first-order valence-electron chi connectivity index (χ1n) is 7.05. The largest absolute Gasteiger partial charge is 0.494 e. The van der Waals surface area contributed by atoms with Crippen LogP contribution >= 0.6 is 11.6 Å². The van der Waals surface area contributed by atoms with Crippen LogP contribution in [0, 0.1) is 0 Å². The Bertz CT molecular complexity index is 628.